The second-order valence-electron chi connectivity index (χ2n) is 7.19. The van der Waals surface area contributed by atoms with Crippen LogP contribution in [0.2, 0.25) is 0 Å². The molecule has 0 radical (unpaired) electrons. The molecule has 1 aromatic carbocycles. The van der Waals surface area contributed by atoms with Crippen LogP contribution in [0.1, 0.15) is 58.2 Å². The molecular formula is C22H26N2O3S. The number of aromatic nitrogens is 2. The Morgan fingerprint density at radius 1 is 1.14 bits per heavy atom. The first-order chi connectivity index (χ1) is 13.4. The summed E-state index contributed by atoms with van der Waals surface area (Å²) in [7, 11) is 0. The van der Waals surface area contributed by atoms with Crippen molar-refractivity contribution < 1.29 is 14.3 Å². The number of rotatable bonds is 7. The van der Waals surface area contributed by atoms with E-state index in [1.54, 1.807) is 6.92 Å². The maximum Gasteiger partial charge on any atom is 0.306 e. The summed E-state index contributed by atoms with van der Waals surface area (Å²) in [6.45, 7) is 5.49. The lowest BCUT2D eigenvalue weighted by Crippen LogP contribution is -2.24. The van der Waals surface area contributed by atoms with E-state index in [9.17, 15) is 9.59 Å². The number of carbonyl (C=O) groups is 2. The highest BCUT2D eigenvalue weighted by atomic mass is 32.2. The van der Waals surface area contributed by atoms with Crippen LogP contribution < -0.4 is 0 Å². The van der Waals surface area contributed by atoms with E-state index in [-0.39, 0.29) is 18.2 Å². The Bertz CT molecular complexity index is 888. The van der Waals surface area contributed by atoms with Gasteiger partial charge in [-0.1, -0.05) is 23.9 Å². The molecule has 3 rings (SSSR count). The number of Topliss-reactive ketones (excluding diaryl/α,β-unsaturated/α-hetero) is 1. The van der Waals surface area contributed by atoms with Crippen LogP contribution in [-0.4, -0.2) is 34.1 Å². The fourth-order valence-corrected chi connectivity index (χ4v) is 4.11. The Labute approximate surface area is 170 Å². The van der Waals surface area contributed by atoms with Crippen LogP contribution in [0.5, 0.6) is 0 Å². The van der Waals surface area contributed by atoms with Crippen LogP contribution in [0, 0.1) is 13.8 Å². The molecule has 1 aliphatic carbocycles. The quantitative estimate of drug-likeness (QED) is 0.303. The molecule has 0 bridgehead atoms. The summed E-state index contributed by atoms with van der Waals surface area (Å²) in [6.07, 6.45) is 5.08. The highest BCUT2D eigenvalue weighted by Gasteiger charge is 2.22. The van der Waals surface area contributed by atoms with Crippen molar-refractivity contribution >= 4 is 23.5 Å². The summed E-state index contributed by atoms with van der Waals surface area (Å²) >= 11 is 1.50. The number of hydrogen-bond acceptors (Lipinski definition) is 6. The maximum absolute atomic E-state index is 12.6. The average Bonchev–Trinajstić information content (AvgIpc) is 3.14. The molecule has 0 spiro atoms. The summed E-state index contributed by atoms with van der Waals surface area (Å²) in [4.78, 5) is 33.8. The van der Waals surface area contributed by atoms with Gasteiger partial charge in [-0.25, -0.2) is 9.97 Å². The van der Waals surface area contributed by atoms with E-state index in [1.807, 2.05) is 38.3 Å². The number of fused-ring (bicyclic) bond motifs is 1. The molecule has 0 saturated heterocycles. The SMILES string of the molecule is CSc1nc(C)c(CCC(=O)O[C@@H](C)C(=O)c2ccc3c(c2)CCC3)c(C)n1. The number of thioether (sulfide) groups is 1. The van der Waals surface area contributed by atoms with E-state index in [0.717, 1.165) is 41.4 Å². The number of carbonyl (C=O) groups excluding carboxylic acids is 2. The van der Waals surface area contributed by atoms with Crippen molar-refractivity contribution in [3.63, 3.8) is 0 Å². The van der Waals surface area contributed by atoms with Gasteiger partial charge in [-0.05, 0) is 75.5 Å². The molecule has 0 aliphatic heterocycles. The van der Waals surface area contributed by atoms with Gasteiger partial charge < -0.3 is 4.74 Å². The van der Waals surface area contributed by atoms with Crippen LogP contribution in [-0.2, 0) is 28.8 Å². The third-order valence-electron chi connectivity index (χ3n) is 5.22. The number of esters is 1. The Balaban J connectivity index is 1.58. The van der Waals surface area contributed by atoms with E-state index >= 15 is 0 Å². The first-order valence-electron chi connectivity index (χ1n) is 9.62. The first kappa shape index (κ1) is 20.5. The summed E-state index contributed by atoms with van der Waals surface area (Å²) < 4.78 is 5.40. The molecule has 0 N–H and O–H groups in total. The Hall–Kier alpha value is -2.21. The fraction of sp³-hybridized carbons (Fsp3) is 0.455. The molecule has 1 aromatic heterocycles. The van der Waals surface area contributed by atoms with Gasteiger partial charge in [0.05, 0.1) is 0 Å². The van der Waals surface area contributed by atoms with Gasteiger partial charge >= 0.3 is 5.97 Å². The van der Waals surface area contributed by atoms with Crippen molar-refractivity contribution in [2.24, 2.45) is 0 Å². The Kier molecular flexibility index (Phi) is 6.50. The van der Waals surface area contributed by atoms with Crippen molar-refractivity contribution in [1.82, 2.24) is 9.97 Å². The minimum absolute atomic E-state index is 0.150. The molecule has 0 unspecified atom stereocenters. The summed E-state index contributed by atoms with van der Waals surface area (Å²) in [6, 6.07) is 5.81. The van der Waals surface area contributed by atoms with Crippen molar-refractivity contribution in [2.45, 2.75) is 64.1 Å². The van der Waals surface area contributed by atoms with Gasteiger partial charge in [0.25, 0.3) is 0 Å². The molecule has 1 atom stereocenters. The number of ether oxygens (including phenoxy) is 1. The van der Waals surface area contributed by atoms with Gasteiger partial charge in [-0.3, -0.25) is 9.59 Å². The van der Waals surface area contributed by atoms with Gasteiger partial charge in [0, 0.05) is 23.4 Å². The van der Waals surface area contributed by atoms with Gasteiger partial charge in [0.2, 0.25) is 5.78 Å². The largest absolute Gasteiger partial charge is 0.454 e. The molecule has 1 aliphatic rings. The lowest BCUT2D eigenvalue weighted by molar-refractivity contribution is -0.146. The molecule has 6 heteroatoms. The second-order valence-corrected chi connectivity index (χ2v) is 7.97. The van der Waals surface area contributed by atoms with Crippen molar-refractivity contribution in [2.75, 3.05) is 6.26 Å². The summed E-state index contributed by atoms with van der Waals surface area (Å²) in [5.74, 6) is -0.530. The minimum Gasteiger partial charge on any atom is -0.454 e. The Morgan fingerprint density at radius 2 is 1.82 bits per heavy atom. The number of benzene rings is 1. The van der Waals surface area contributed by atoms with Gasteiger partial charge in [-0.15, -0.1) is 0 Å². The monoisotopic (exact) mass is 398 g/mol. The number of aryl methyl sites for hydroxylation is 4. The van der Waals surface area contributed by atoms with Crippen molar-refractivity contribution in [3.8, 4) is 0 Å². The van der Waals surface area contributed by atoms with Gasteiger partial charge in [0.1, 0.15) is 0 Å². The van der Waals surface area contributed by atoms with Crippen LogP contribution in [0.4, 0.5) is 0 Å². The van der Waals surface area contributed by atoms with Crippen LogP contribution in [0.3, 0.4) is 0 Å². The Morgan fingerprint density at radius 3 is 2.50 bits per heavy atom. The molecule has 0 saturated carbocycles. The fourth-order valence-electron chi connectivity index (χ4n) is 3.66. The van der Waals surface area contributed by atoms with Crippen LogP contribution in [0.25, 0.3) is 0 Å². The molecule has 0 fully saturated rings. The summed E-state index contributed by atoms with van der Waals surface area (Å²) in [5, 5.41) is 0.731. The van der Waals surface area contributed by atoms with Gasteiger partial charge in [-0.2, -0.15) is 0 Å². The van der Waals surface area contributed by atoms with E-state index in [4.69, 9.17) is 4.74 Å². The third kappa shape index (κ3) is 4.61. The molecule has 5 nitrogen and oxygen atoms in total. The zero-order valence-corrected chi connectivity index (χ0v) is 17.7. The van der Waals surface area contributed by atoms with E-state index < -0.39 is 6.10 Å². The summed E-state index contributed by atoms with van der Waals surface area (Å²) in [5.41, 5.74) is 5.91. The van der Waals surface area contributed by atoms with E-state index in [0.29, 0.717) is 12.0 Å². The highest BCUT2D eigenvalue weighted by molar-refractivity contribution is 7.98. The zero-order valence-electron chi connectivity index (χ0n) is 16.9. The lowest BCUT2D eigenvalue weighted by atomic mass is 10.0. The maximum atomic E-state index is 12.6. The number of hydrogen-bond donors (Lipinski definition) is 0. The van der Waals surface area contributed by atoms with Gasteiger partial charge in [0.15, 0.2) is 11.3 Å². The van der Waals surface area contributed by atoms with Crippen molar-refractivity contribution in [1.29, 1.82) is 0 Å². The molecule has 148 valence electrons. The number of nitrogens with zero attached hydrogens (tertiary/aromatic N) is 2. The second kappa shape index (κ2) is 8.86. The highest BCUT2D eigenvalue weighted by Crippen LogP contribution is 2.24. The lowest BCUT2D eigenvalue weighted by Gasteiger charge is -2.14. The van der Waals surface area contributed by atoms with E-state index in [1.165, 1.54) is 22.9 Å². The standard InChI is InChI=1S/C22H26N2O3S/c1-13-19(14(2)24-22(23-13)28-4)10-11-20(25)27-15(3)21(26)18-9-8-16-6-5-7-17(16)12-18/h8-9,12,15H,5-7,10-11H2,1-4H3/t15-/m0/s1. The van der Waals surface area contributed by atoms with Crippen LogP contribution >= 0.6 is 11.8 Å². The topological polar surface area (TPSA) is 69.2 Å². The molecule has 1 heterocycles. The molecule has 28 heavy (non-hydrogen) atoms. The third-order valence-corrected chi connectivity index (χ3v) is 5.77. The number of ketones is 1. The predicted octanol–water partition coefficient (Wildman–Crippen LogP) is 4.05. The van der Waals surface area contributed by atoms with Crippen LogP contribution in [0.15, 0.2) is 23.4 Å². The molecule has 0 amide bonds. The van der Waals surface area contributed by atoms with Crippen molar-refractivity contribution in [3.05, 3.63) is 51.8 Å². The van der Waals surface area contributed by atoms with E-state index in [2.05, 4.69) is 9.97 Å². The zero-order chi connectivity index (χ0) is 20.3. The smallest absolute Gasteiger partial charge is 0.306 e. The predicted molar refractivity (Wildman–Crippen MR) is 110 cm³/mol. The minimum atomic E-state index is -0.788. The molecular weight excluding hydrogens is 372 g/mol. The first-order valence-corrected chi connectivity index (χ1v) is 10.8. The average molecular weight is 399 g/mol. The molecule has 2 aromatic rings. The normalized spacial score (nSPS) is 13.9.